The lowest BCUT2D eigenvalue weighted by molar-refractivity contribution is -0.118. The van der Waals surface area contributed by atoms with Crippen LogP contribution in [-0.4, -0.2) is 13.4 Å². The minimum atomic E-state index is -1.62. The number of halogens is 6. The Morgan fingerprint density at radius 3 is 1.06 bits per heavy atom. The Balaban J connectivity index is 0.000000397. The van der Waals surface area contributed by atoms with Crippen molar-refractivity contribution < 1.29 is 4.79 Å². The van der Waals surface area contributed by atoms with E-state index in [-0.39, 0.29) is 12.8 Å². The summed E-state index contributed by atoms with van der Waals surface area (Å²) in [6.07, 6.45) is -0.517. The van der Waals surface area contributed by atoms with Crippen molar-refractivity contribution in [3.05, 3.63) is 36.4 Å². The number of hydrogen-bond donors (Lipinski definition) is 0. The molecular weight excluding hydrogens is 361 g/mol. The second-order valence-electron chi connectivity index (χ2n) is 3.28. The van der Waals surface area contributed by atoms with Crippen LogP contribution in [0.2, 0.25) is 0 Å². The van der Waals surface area contributed by atoms with Gasteiger partial charge in [-0.15, -0.1) is 0 Å². The molecule has 0 fully saturated rings. The van der Waals surface area contributed by atoms with Crippen LogP contribution in [0.3, 0.4) is 0 Å². The Morgan fingerprint density at radius 2 is 0.889 bits per heavy atom. The van der Waals surface area contributed by atoms with Crippen LogP contribution in [0.25, 0.3) is 0 Å². The molecule has 0 radical (unpaired) electrons. The van der Waals surface area contributed by atoms with Crippen molar-refractivity contribution in [1.29, 1.82) is 0 Å². The van der Waals surface area contributed by atoms with Crippen LogP contribution in [-0.2, 0) is 4.79 Å². The van der Waals surface area contributed by atoms with Crippen molar-refractivity contribution in [2.24, 2.45) is 0 Å². The highest BCUT2D eigenvalue weighted by Gasteiger charge is 2.30. The van der Waals surface area contributed by atoms with E-state index < -0.39 is 13.4 Å². The van der Waals surface area contributed by atoms with Gasteiger partial charge in [0, 0.05) is 0 Å². The Kier molecular flexibility index (Phi) is 9.04. The molecule has 1 aromatic carbocycles. The zero-order valence-electron chi connectivity index (χ0n) is 9.05. The van der Waals surface area contributed by atoms with E-state index in [1.807, 2.05) is 36.4 Å². The van der Waals surface area contributed by atoms with Crippen LogP contribution in [0.15, 0.2) is 36.4 Å². The standard InChI is InChI=1S/C6H6.C5H4Cl6O/c1-2-4-6-5-3-1;6-4(7,8)1-3(12)2-5(9,10)11/h1-6H;1-2H2. The third-order valence-corrected chi connectivity index (χ3v) is 2.26. The molecule has 0 saturated carbocycles. The van der Waals surface area contributed by atoms with Gasteiger partial charge in [0.25, 0.3) is 0 Å². The van der Waals surface area contributed by atoms with Crippen LogP contribution >= 0.6 is 69.6 Å². The van der Waals surface area contributed by atoms with E-state index in [1.54, 1.807) is 0 Å². The number of hydrogen-bond acceptors (Lipinski definition) is 1. The highest BCUT2D eigenvalue weighted by molar-refractivity contribution is 6.69. The van der Waals surface area contributed by atoms with Gasteiger partial charge in [-0.2, -0.15) is 0 Å². The van der Waals surface area contributed by atoms with Gasteiger partial charge in [-0.3, -0.25) is 4.79 Å². The van der Waals surface area contributed by atoms with E-state index in [0.717, 1.165) is 0 Å². The molecule has 1 rings (SSSR count). The summed E-state index contributed by atoms with van der Waals surface area (Å²) in [6, 6.07) is 12.0. The van der Waals surface area contributed by atoms with Gasteiger partial charge in [0.2, 0.25) is 0 Å². The quantitative estimate of drug-likeness (QED) is 0.604. The second kappa shape index (κ2) is 8.73. The molecule has 0 atom stereocenters. The maximum absolute atomic E-state index is 11.0. The summed E-state index contributed by atoms with van der Waals surface area (Å²) in [5.74, 6) is -0.407. The number of benzene rings is 1. The minimum absolute atomic E-state index is 0.258. The summed E-state index contributed by atoms with van der Waals surface area (Å²) in [7, 11) is 0. The van der Waals surface area contributed by atoms with Gasteiger partial charge in [-0.1, -0.05) is 106 Å². The first-order chi connectivity index (χ1) is 8.10. The Hall–Kier alpha value is 0.630. The number of rotatable bonds is 2. The average molecular weight is 371 g/mol. The first kappa shape index (κ1) is 18.6. The van der Waals surface area contributed by atoms with Gasteiger partial charge in [0.15, 0.2) is 7.59 Å². The number of ketones is 1. The number of carbonyl (C=O) groups is 1. The van der Waals surface area contributed by atoms with Crippen LogP contribution < -0.4 is 0 Å². The van der Waals surface area contributed by atoms with Crippen molar-refractivity contribution in [2.75, 3.05) is 0 Å². The lowest BCUT2D eigenvalue weighted by Gasteiger charge is -2.12. The molecule has 18 heavy (non-hydrogen) atoms. The molecule has 0 saturated heterocycles. The predicted molar refractivity (Wildman–Crippen MR) is 81.3 cm³/mol. The van der Waals surface area contributed by atoms with Crippen LogP contribution in [0, 0.1) is 0 Å². The SMILES string of the molecule is O=C(CC(Cl)(Cl)Cl)CC(Cl)(Cl)Cl.c1ccccc1. The summed E-state index contributed by atoms with van der Waals surface area (Å²) in [4.78, 5) is 11.0. The third kappa shape index (κ3) is 14.7. The van der Waals surface area contributed by atoms with Crippen molar-refractivity contribution in [3.8, 4) is 0 Å². The van der Waals surface area contributed by atoms with Gasteiger partial charge in [0.1, 0.15) is 5.78 Å². The third-order valence-electron chi connectivity index (χ3n) is 1.46. The molecule has 1 nitrogen and oxygen atoms in total. The molecular formula is C11H10Cl6O. The molecule has 7 heteroatoms. The minimum Gasteiger partial charge on any atom is -0.299 e. The molecule has 0 amide bonds. The zero-order chi connectivity index (χ0) is 14.2. The molecule has 0 spiro atoms. The summed E-state index contributed by atoms with van der Waals surface area (Å²) < 4.78 is -3.24. The van der Waals surface area contributed by atoms with Gasteiger partial charge in [0.05, 0.1) is 12.8 Å². The first-order valence-electron chi connectivity index (χ1n) is 4.75. The average Bonchev–Trinajstić information content (AvgIpc) is 2.15. The van der Waals surface area contributed by atoms with Crippen molar-refractivity contribution in [2.45, 2.75) is 20.4 Å². The van der Waals surface area contributed by atoms with E-state index in [0.29, 0.717) is 0 Å². The van der Waals surface area contributed by atoms with Gasteiger partial charge >= 0.3 is 0 Å². The van der Waals surface area contributed by atoms with Crippen molar-refractivity contribution in [3.63, 3.8) is 0 Å². The summed E-state index contributed by atoms with van der Waals surface area (Å²) in [5.41, 5.74) is 0. The first-order valence-corrected chi connectivity index (χ1v) is 7.02. The van der Waals surface area contributed by atoms with E-state index in [2.05, 4.69) is 0 Å². The van der Waals surface area contributed by atoms with Crippen molar-refractivity contribution in [1.82, 2.24) is 0 Å². The largest absolute Gasteiger partial charge is 0.299 e. The zero-order valence-corrected chi connectivity index (χ0v) is 13.6. The van der Waals surface area contributed by atoms with Crippen LogP contribution in [0.5, 0.6) is 0 Å². The fourth-order valence-electron chi connectivity index (χ4n) is 0.895. The second-order valence-corrected chi connectivity index (χ2v) is 8.31. The Labute approximate surface area is 136 Å². The monoisotopic (exact) mass is 368 g/mol. The smallest absolute Gasteiger partial charge is 0.197 e. The van der Waals surface area contributed by atoms with Crippen LogP contribution in [0.1, 0.15) is 12.8 Å². The molecule has 0 unspecified atom stereocenters. The molecule has 0 N–H and O–H groups in total. The van der Waals surface area contributed by atoms with Gasteiger partial charge in [-0.25, -0.2) is 0 Å². The lowest BCUT2D eigenvalue weighted by atomic mass is 10.2. The van der Waals surface area contributed by atoms with Gasteiger partial charge in [-0.05, 0) is 0 Å². The predicted octanol–water partition coefficient (Wildman–Crippen LogP) is 5.76. The fraction of sp³-hybridized carbons (Fsp3) is 0.364. The Bertz CT molecular complexity index is 296. The van der Waals surface area contributed by atoms with E-state index in [4.69, 9.17) is 69.6 Å². The number of carbonyl (C=O) groups excluding carboxylic acids is 1. The number of alkyl halides is 6. The topological polar surface area (TPSA) is 17.1 Å². The number of Topliss-reactive ketones (excluding diaryl/α,β-unsaturated/α-hetero) is 1. The van der Waals surface area contributed by atoms with Crippen LogP contribution in [0.4, 0.5) is 0 Å². The molecule has 1 aromatic rings. The van der Waals surface area contributed by atoms with Gasteiger partial charge < -0.3 is 0 Å². The maximum atomic E-state index is 11.0. The summed E-state index contributed by atoms with van der Waals surface area (Å²) in [5, 5.41) is 0. The lowest BCUT2D eigenvalue weighted by Crippen LogP contribution is -2.17. The molecule has 0 aliphatic carbocycles. The maximum Gasteiger partial charge on any atom is 0.197 e. The van der Waals surface area contributed by atoms with E-state index >= 15 is 0 Å². The fourth-order valence-corrected chi connectivity index (χ4v) is 1.79. The molecule has 102 valence electrons. The highest BCUT2D eigenvalue weighted by atomic mass is 35.6. The highest BCUT2D eigenvalue weighted by Crippen LogP contribution is 2.35. The van der Waals surface area contributed by atoms with E-state index in [9.17, 15) is 4.79 Å². The Morgan fingerprint density at radius 1 is 0.667 bits per heavy atom. The molecule has 0 aliphatic rings. The summed E-state index contributed by atoms with van der Waals surface area (Å²) >= 11 is 32.0. The van der Waals surface area contributed by atoms with E-state index in [1.165, 1.54) is 0 Å². The summed E-state index contributed by atoms with van der Waals surface area (Å²) in [6.45, 7) is 0. The normalized spacial score (nSPS) is 11.4. The molecule has 0 bridgehead atoms. The van der Waals surface area contributed by atoms with Crippen molar-refractivity contribution >= 4 is 75.4 Å². The molecule has 0 aliphatic heterocycles. The molecule has 0 aromatic heterocycles. The molecule has 0 heterocycles.